The molecule has 0 saturated carbocycles. The third-order valence-electron chi connectivity index (χ3n) is 5.72. The first-order valence-electron chi connectivity index (χ1n) is 12.1. The maximum atomic E-state index is 11.6. The summed E-state index contributed by atoms with van der Waals surface area (Å²) in [6, 6.07) is 16.4. The van der Waals surface area contributed by atoms with Gasteiger partial charge in [0.1, 0.15) is 23.3 Å². The van der Waals surface area contributed by atoms with E-state index in [-0.39, 0.29) is 38.6 Å². The summed E-state index contributed by atoms with van der Waals surface area (Å²) in [6.07, 6.45) is 2.04. The van der Waals surface area contributed by atoms with Crippen molar-refractivity contribution in [1.82, 2.24) is 0 Å². The highest BCUT2D eigenvalue weighted by Gasteiger charge is 2.27. The third kappa shape index (κ3) is 18.9. The summed E-state index contributed by atoms with van der Waals surface area (Å²) in [5.74, 6) is 0.620. The fourth-order valence-electron chi connectivity index (χ4n) is 2.47. The molecule has 2 rings (SSSR count). The minimum atomic E-state index is -4.27. The number of hydrogen-bond donors (Lipinski definition) is 0. The van der Waals surface area contributed by atoms with Crippen molar-refractivity contribution in [1.29, 1.82) is 0 Å². The molecule has 0 radical (unpaired) electrons. The number of esters is 1. The number of quaternary nitrogens is 1. The highest BCUT2D eigenvalue weighted by Crippen LogP contribution is 2.21. The van der Waals surface area contributed by atoms with Crippen molar-refractivity contribution < 1.29 is 27.0 Å². The van der Waals surface area contributed by atoms with E-state index in [0.717, 1.165) is 23.0 Å². The number of benzene rings is 2. The molecule has 7 heteroatoms. The molecule has 38 heavy (non-hydrogen) atoms. The summed E-state index contributed by atoms with van der Waals surface area (Å²) in [5, 5.41) is 0. The van der Waals surface area contributed by atoms with Crippen molar-refractivity contribution in [3.63, 3.8) is 0 Å². The summed E-state index contributed by atoms with van der Waals surface area (Å²) in [6.45, 7) is 13.5. The van der Waals surface area contributed by atoms with Gasteiger partial charge in [0.25, 0.3) is 0 Å². The quantitative estimate of drug-likeness (QED) is 0.189. The van der Waals surface area contributed by atoms with Gasteiger partial charge in [0.05, 0.1) is 31.5 Å². The molecule has 0 aliphatic rings. The normalized spacial score (nSPS) is 11.4. The molecule has 2 aromatic rings. The highest BCUT2D eigenvalue weighted by atomic mass is 32.2. The zero-order valence-electron chi connectivity index (χ0n) is 23.0. The molecule has 1 atom stereocenters. The van der Waals surface area contributed by atoms with E-state index < -0.39 is 10.1 Å². The lowest BCUT2D eigenvalue weighted by Crippen LogP contribution is -2.39. The van der Waals surface area contributed by atoms with E-state index in [2.05, 4.69) is 65.3 Å². The summed E-state index contributed by atoms with van der Waals surface area (Å²) in [4.78, 5) is 11.4. The monoisotopic (exact) mass is 555 g/mol. The Hall–Kier alpha value is -2.22. The van der Waals surface area contributed by atoms with Crippen molar-refractivity contribution in [3.05, 3.63) is 65.7 Å². The zero-order valence-corrected chi connectivity index (χ0v) is 23.8. The second-order valence-electron chi connectivity index (χ2n) is 10.4. The number of nitrogens with zero attached hydrogens (tertiary/aromatic N) is 1. The van der Waals surface area contributed by atoms with Gasteiger partial charge in [-0.15, -0.1) is 0 Å². The maximum absolute atomic E-state index is 11.6. The Morgan fingerprint density at radius 2 is 1.42 bits per heavy atom. The topological polar surface area (TPSA) is 83.5 Å². The van der Waals surface area contributed by atoms with Crippen molar-refractivity contribution in [2.75, 3.05) is 34.3 Å². The molecule has 1 unspecified atom stereocenters. The van der Waals surface area contributed by atoms with Gasteiger partial charge >= 0.3 is 5.97 Å². The zero-order chi connectivity index (χ0) is 27.3. The first-order valence-corrected chi connectivity index (χ1v) is 13.5. The predicted octanol–water partition coefficient (Wildman–Crippen LogP) is 7.68. The molecule has 0 saturated heterocycles. The molecule has 0 heterocycles. The van der Waals surface area contributed by atoms with Crippen LogP contribution in [0.1, 0.15) is 86.8 Å². The summed E-state index contributed by atoms with van der Waals surface area (Å²) in [5.41, 5.74) is 2.03. The van der Waals surface area contributed by atoms with Gasteiger partial charge < -0.3 is 13.8 Å². The molecular weight excluding hydrogens is 498 g/mol. The van der Waals surface area contributed by atoms with Crippen LogP contribution in [0.3, 0.4) is 0 Å². The van der Waals surface area contributed by atoms with Crippen LogP contribution in [0.2, 0.25) is 0 Å². The Labute approximate surface area is 235 Å². The Morgan fingerprint density at radius 1 is 0.947 bits per heavy atom. The number of rotatable bonds is 8. The van der Waals surface area contributed by atoms with Crippen LogP contribution >= 0.6 is 0 Å². The van der Waals surface area contributed by atoms with Crippen molar-refractivity contribution in [2.24, 2.45) is 5.41 Å². The van der Waals surface area contributed by atoms with Gasteiger partial charge in [-0.1, -0.05) is 91.1 Å². The van der Waals surface area contributed by atoms with E-state index in [9.17, 15) is 17.8 Å². The fourth-order valence-corrected chi connectivity index (χ4v) is 2.94. The van der Waals surface area contributed by atoms with Gasteiger partial charge in [-0.3, -0.25) is 4.79 Å². The van der Waals surface area contributed by atoms with E-state index >= 15 is 0 Å². The molecule has 0 N–H and O–H groups in total. The van der Waals surface area contributed by atoms with Crippen LogP contribution in [0.5, 0.6) is 0 Å². The lowest BCUT2D eigenvalue weighted by Gasteiger charge is -2.25. The molecule has 2 aromatic carbocycles. The van der Waals surface area contributed by atoms with Crippen molar-refractivity contribution in [2.45, 2.75) is 87.5 Å². The summed E-state index contributed by atoms with van der Waals surface area (Å²) >= 11 is 0. The standard InChI is InChI=1S/C11H24NO2.C10H14.C7H8O3S.3CH4/c1-7-11(2,3)10(13)14-9-8-12(4,5)6;1-3-9(2)10-7-5-4-6-8-10;1-6-2-4-7(5-3-6)11(8,9)10;;;/h7-9H2,1-6H3;4-9H,3H2,1-2H3;2-5H,1H3,(H,8,9,10);3*1H4/q+1;;;;;/p-1. The Balaban J connectivity index is -0.000000222. The average molecular weight is 556 g/mol. The number of likely N-dealkylation sites (N-methyl/N-ethyl adjacent to an activating group) is 1. The van der Waals surface area contributed by atoms with Crippen LogP contribution in [-0.2, 0) is 19.6 Å². The van der Waals surface area contributed by atoms with Gasteiger partial charge in [-0.25, -0.2) is 8.42 Å². The Kier molecular flexibility index (Phi) is 22.3. The molecule has 0 amide bonds. The molecule has 0 aliphatic heterocycles. The second kappa shape index (κ2) is 19.8. The molecule has 0 aromatic heterocycles. The van der Waals surface area contributed by atoms with Gasteiger partial charge in [0, 0.05) is 0 Å². The van der Waals surface area contributed by atoms with Crippen LogP contribution < -0.4 is 0 Å². The lowest BCUT2D eigenvalue weighted by molar-refractivity contribution is -0.870. The van der Waals surface area contributed by atoms with Crippen LogP contribution in [-0.4, -0.2) is 57.7 Å². The van der Waals surface area contributed by atoms with E-state index in [1.807, 2.05) is 27.7 Å². The van der Waals surface area contributed by atoms with E-state index in [4.69, 9.17) is 4.74 Å². The van der Waals surface area contributed by atoms with Crippen LogP contribution in [0.15, 0.2) is 59.5 Å². The Bertz CT molecular complexity index is 964. The third-order valence-corrected chi connectivity index (χ3v) is 6.57. The number of ether oxygens (including phenoxy) is 1. The second-order valence-corrected chi connectivity index (χ2v) is 11.8. The van der Waals surface area contributed by atoms with Crippen molar-refractivity contribution in [3.8, 4) is 0 Å². The number of carbonyl (C=O) groups excluding carboxylic acids is 1. The van der Waals surface area contributed by atoms with Crippen LogP contribution in [0, 0.1) is 12.3 Å². The molecule has 0 aliphatic carbocycles. The van der Waals surface area contributed by atoms with Gasteiger partial charge in [-0.05, 0) is 57.2 Å². The SMILES string of the molecule is C.C.C.CCC(C)(C)C(=O)OCC[N+](C)(C)C.CCC(C)c1ccccc1.Cc1ccc(S(=O)(=O)[O-])cc1. The molecule has 0 bridgehead atoms. The van der Waals surface area contributed by atoms with E-state index in [1.54, 1.807) is 12.1 Å². The fraction of sp³-hybridized carbons (Fsp3) is 0.581. The maximum Gasteiger partial charge on any atom is 0.311 e. The average Bonchev–Trinajstić information content (AvgIpc) is 2.78. The van der Waals surface area contributed by atoms with Crippen LogP contribution in [0.25, 0.3) is 0 Å². The summed E-state index contributed by atoms with van der Waals surface area (Å²) in [7, 11) is 1.98. The molecule has 0 fully saturated rings. The van der Waals surface area contributed by atoms with E-state index in [1.165, 1.54) is 24.1 Å². The predicted molar refractivity (Wildman–Crippen MR) is 162 cm³/mol. The molecule has 222 valence electrons. The molecule has 0 spiro atoms. The first kappa shape index (κ1) is 42.9. The van der Waals surface area contributed by atoms with Gasteiger partial charge in [0.2, 0.25) is 0 Å². The van der Waals surface area contributed by atoms with Gasteiger partial charge in [0.15, 0.2) is 0 Å². The van der Waals surface area contributed by atoms with Crippen LogP contribution in [0.4, 0.5) is 0 Å². The first-order chi connectivity index (χ1) is 16.0. The largest absolute Gasteiger partial charge is 0.744 e. The van der Waals surface area contributed by atoms with Crippen molar-refractivity contribution >= 4 is 16.1 Å². The minimum Gasteiger partial charge on any atom is -0.744 e. The number of aryl methyl sites for hydroxylation is 1. The lowest BCUT2D eigenvalue weighted by atomic mass is 9.91. The minimum absolute atomic E-state index is 0. The molecule has 6 nitrogen and oxygen atoms in total. The van der Waals surface area contributed by atoms with Gasteiger partial charge in [-0.2, -0.15) is 0 Å². The number of hydrogen-bond acceptors (Lipinski definition) is 5. The Morgan fingerprint density at radius 3 is 1.79 bits per heavy atom. The number of carbonyl (C=O) groups is 1. The molecular formula is C31H57NO5S. The highest BCUT2D eigenvalue weighted by molar-refractivity contribution is 7.85. The van der Waals surface area contributed by atoms with E-state index in [0.29, 0.717) is 12.5 Å². The summed E-state index contributed by atoms with van der Waals surface area (Å²) < 4.78 is 37.2. The smallest absolute Gasteiger partial charge is 0.311 e.